The summed E-state index contributed by atoms with van der Waals surface area (Å²) >= 11 is 0. The van der Waals surface area contributed by atoms with Crippen LogP contribution in [0.4, 0.5) is 10.3 Å². The molecule has 0 bridgehead atoms. The Morgan fingerprint density at radius 1 is 1.59 bits per heavy atom. The minimum absolute atomic E-state index is 0.144. The molecule has 1 aromatic rings. The summed E-state index contributed by atoms with van der Waals surface area (Å²) in [5, 5.41) is 11.5. The lowest BCUT2D eigenvalue weighted by atomic mass is 10.1. The third kappa shape index (κ3) is 3.54. The minimum Gasteiger partial charge on any atom is -0.409 e. The molecule has 0 amide bonds. The summed E-state index contributed by atoms with van der Waals surface area (Å²) in [5.74, 6) is -0.0556. The zero-order chi connectivity index (χ0) is 12.8. The first-order valence-electron chi connectivity index (χ1n) is 5.28. The molecule has 0 aromatic carbocycles. The molecule has 1 aromatic heterocycles. The number of anilines is 1. The van der Waals surface area contributed by atoms with Gasteiger partial charge < -0.3 is 15.8 Å². The van der Waals surface area contributed by atoms with Crippen molar-refractivity contribution in [1.29, 1.82) is 0 Å². The quantitative estimate of drug-likeness (QED) is 0.345. The normalized spacial score (nSPS) is 13.5. The van der Waals surface area contributed by atoms with Crippen LogP contribution in [-0.2, 0) is 0 Å². The van der Waals surface area contributed by atoms with Gasteiger partial charge >= 0.3 is 0 Å². The molecule has 0 saturated heterocycles. The predicted molar refractivity (Wildman–Crippen MR) is 62.4 cm³/mol. The summed E-state index contributed by atoms with van der Waals surface area (Å²) in [6.07, 6.45) is 2.22. The Kier molecular flexibility index (Phi) is 4.62. The van der Waals surface area contributed by atoms with Crippen LogP contribution >= 0.6 is 0 Å². The highest BCUT2D eigenvalue weighted by atomic mass is 19.1. The second kappa shape index (κ2) is 5.97. The van der Waals surface area contributed by atoms with E-state index in [1.807, 2.05) is 18.7 Å². The van der Waals surface area contributed by atoms with E-state index in [-0.39, 0.29) is 11.8 Å². The smallest absolute Gasteiger partial charge is 0.225 e. The Morgan fingerprint density at radius 2 is 2.18 bits per heavy atom. The number of rotatable bonds is 5. The maximum Gasteiger partial charge on any atom is 0.225 e. The van der Waals surface area contributed by atoms with Gasteiger partial charge in [0.2, 0.25) is 5.95 Å². The summed E-state index contributed by atoms with van der Waals surface area (Å²) in [7, 11) is 0. The van der Waals surface area contributed by atoms with Gasteiger partial charge in [-0.05, 0) is 6.92 Å². The van der Waals surface area contributed by atoms with E-state index in [0.29, 0.717) is 19.0 Å². The van der Waals surface area contributed by atoms with Crippen LogP contribution in [0, 0.1) is 11.7 Å². The lowest BCUT2D eigenvalue weighted by Crippen LogP contribution is -2.35. The van der Waals surface area contributed by atoms with Crippen LogP contribution in [0.15, 0.2) is 17.5 Å². The van der Waals surface area contributed by atoms with Crippen LogP contribution in [0.3, 0.4) is 0 Å². The van der Waals surface area contributed by atoms with Gasteiger partial charge in [-0.15, -0.1) is 0 Å². The van der Waals surface area contributed by atoms with E-state index in [4.69, 9.17) is 10.9 Å². The van der Waals surface area contributed by atoms with Crippen molar-refractivity contribution in [2.45, 2.75) is 13.8 Å². The molecule has 0 aliphatic rings. The summed E-state index contributed by atoms with van der Waals surface area (Å²) < 4.78 is 12.7. The zero-order valence-electron chi connectivity index (χ0n) is 9.84. The van der Waals surface area contributed by atoms with E-state index in [9.17, 15) is 4.39 Å². The molecule has 17 heavy (non-hydrogen) atoms. The summed E-state index contributed by atoms with van der Waals surface area (Å²) in [6, 6.07) is 0. The Labute approximate surface area is 99.0 Å². The molecule has 94 valence electrons. The van der Waals surface area contributed by atoms with Gasteiger partial charge in [0.05, 0.1) is 12.4 Å². The second-order valence-electron chi connectivity index (χ2n) is 3.67. The highest BCUT2D eigenvalue weighted by molar-refractivity contribution is 5.82. The number of nitrogens with two attached hydrogens (primary N) is 1. The average Bonchev–Trinajstić information content (AvgIpc) is 2.35. The van der Waals surface area contributed by atoms with E-state index < -0.39 is 5.82 Å². The lowest BCUT2D eigenvalue weighted by Gasteiger charge is -2.23. The molecule has 1 atom stereocenters. The van der Waals surface area contributed by atoms with E-state index in [1.54, 1.807) is 0 Å². The van der Waals surface area contributed by atoms with Crippen molar-refractivity contribution < 1.29 is 9.60 Å². The number of hydrogen-bond acceptors (Lipinski definition) is 5. The van der Waals surface area contributed by atoms with Crippen molar-refractivity contribution in [3.63, 3.8) is 0 Å². The largest absolute Gasteiger partial charge is 0.409 e. The molecular formula is C10H16FN5O. The molecule has 0 aliphatic heterocycles. The van der Waals surface area contributed by atoms with Crippen molar-refractivity contribution in [2.75, 3.05) is 18.0 Å². The first kappa shape index (κ1) is 13.1. The van der Waals surface area contributed by atoms with Crippen LogP contribution in [-0.4, -0.2) is 34.1 Å². The van der Waals surface area contributed by atoms with Gasteiger partial charge in [-0.3, -0.25) is 0 Å². The average molecular weight is 241 g/mol. The fraction of sp³-hybridized carbons (Fsp3) is 0.500. The van der Waals surface area contributed by atoms with Crippen LogP contribution in [0.5, 0.6) is 0 Å². The maximum atomic E-state index is 12.7. The minimum atomic E-state index is -0.478. The molecular weight excluding hydrogens is 225 g/mol. The second-order valence-corrected chi connectivity index (χ2v) is 3.67. The van der Waals surface area contributed by atoms with E-state index >= 15 is 0 Å². The molecule has 0 spiro atoms. The molecule has 1 heterocycles. The van der Waals surface area contributed by atoms with Crippen LogP contribution in [0.1, 0.15) is 13.8 Å². The first-order valence-corrected chi connectivity index (χ1v) is 5.28. The molecule has 1 rings (SSSR count). The van der Waals surface area contributed by atoms with E-state index in [2.05, 4.69) is 15.1 Å². The predicted octanol–water partition coefficient (Wildman–Crippen LogP) is 0.824. The number of aromatic nitrogens is 2. The zero-order valence-corrected chi connectivity index (χ0v) is 9.84. The Bertz CT molecular complexity index is 381. The van der Waals surface area contributed by atoms with Crippen LogP contribution in [0.2, 0.25) is 0 Å². The molecule has 0 saturated carbocycles. The van der Waals surface area contributed by atoms with Crippen molar-refractivity contribution in [2.24, 2.45) is 16.8 Å². The SMILES string of the molecule is CCN(CC(C)C(N)=NO)c1ncc(F)cn1. The third-order valence-electron chi connectivity index (χ3n) is 2.39. The van der Waals surface area contributed by atoms with Gasteiger partial charge in [0, 0.05) is 19.0 Å². The Hall–Kier alpha value is -1.92. The molecule has 0 radical (unpaired) electrons. The lowest BCUT2D eigenvalue weighted by molar-refractivity contribution is 0.314. The highest BCUT2D eigenvalue weighted by Gasteiger charge is 2.15. The van der Waals surface area contributed by atoms with Gasteiger partial charge in [-0.2, -0.15) is 0 Å². The third-order valence-corrected chi connectivity index (χ3v) is 2.39. The number of hydrogen-bond donors (Lipinski definition) is 2. The summed E-state index contributed by atoms with van der Waals surface area (Å²) in [6.45, 7) is 4.89. The molecule has 0 aliphatic carbocycles. The van der Waals surface area contributed by atoms with Gasteiger partial charge in [0.25, 0.3) is 0 Å². The molecule has 3 N–H and O–H groups in total. The standard InChI is InChI=1S/C10H16FN5O/c1-3-16(6-7(2)9(12)15-17)10-13-4-8(11)5-14-10/h4-5,7,17H,3,6H2,1-2H3,(H2,12,15). The van der Waals surface area contributed by atoms with Crippen molar-refractivity contribution in [3.05, 3.63) is 18.2 Å². The van der Waals surface area contributed by atoms with Crippen molar-refractivity contribution in [1.82, 2.24) is 9.97 Å². The maximum absolute atomic E-state index is 12.7. The van der Waals surface area contributed by atoms with Crippen LogP contribution < -0.4 is 10.6 Å². The molecule has 0 fully saturated rings. The fourth-order valence-electron chi connectivity index (χ4n) is 1.34. The van der Waals surface area contributed by atoms with Crippen molar-refractivity contribution >= 4 is 11.8 Å². The van der Waals surface area contributed by atoms with E-state index in [1.165, 1.54) is 0 Å². The number of oxime groups is 1. The fourth-order valence-corrected chi connectivity index (χ4v) is 1.34. The van der Waals surface area contributed by atoms with E-state index in [0.717, 1.165) is 12.4 Å². The Morgan fingerprint density at radius 3 is 2.65 bits per heavy atom. The highest BCUT2D eigenvalue weighted by Crippen LogP contribution is 2.09. The van der Waals surface area contributed by atoms with Gasteiger partial charge in [-0.1, -0.05) is 12.1 Å². The monoisotopic (exact) mass is 241 g/mol. The van der Waals surface area contributed by atoms with Crippen molar-refractivity contribution in [3.8, 4) is 0 Å². The van der Waals surface area contributed by atoms with Gasteiger partial charge in [0.15, 0.2) is 5.82 Å². The Balaban J connectivity index is 2.75. The summed E-state index contributed by atoms with van der Waals surface area (Å²) in [5.41, 5.74) is 5.49. The topological polar surface area (TPSA) is 87.6 Å². The summed E-state index contributed by atoms with van der Waals surface area (Å²) in [4.78, 5) is 9.59. The number of halogens is 1. The number of nitrogens with zero attached hydrogens (tertiary/aromatic N) is 4. The first-order chi connectivity index (χ1) is 8.08. The number of amidine groups is 1. The molecule has 7 heteroatoms. The molecule has 6 nitrogen and oxygen atoms in total. The molecule has 1 unspecified atom stereocenters. The van der Waals surface area contributed by atoms with Gasteiger partial charge in [0.1, 0.15) is 5.84 Å². The van der Waals surface area contributed by atoms with Crippen LogP contribution in [0.25, 0.3) is 0 Å². The van der Waals surface area contributed by atoms with Gasteiger partial charge in [-0.25, -0.2) is 14.4 Å².